The molecule has 1 aromatic rings. The number of fused-ring (bicyclic) bond motifs is 1. The van der Waals surface area contributed by atoms with Crippen molar-refractivity contribution in [3.8, 4) is 0 Å². The lowest BCUT2D eigenvalue weighted by molar-refractivity contribution is -0.165. The van der Waals surface area contributed by atoms with Crippen LogP contribution in [-0.4, -0.2) is 48.8 Å². The molecule has 0 saturated heterocycles. The maximum atomic E-state index is 13.3. The summed E-state index contributed by atoms with van der Waals surface area (Å²) in [5.74, 6) is -2.78. The molecule has 9 heteroatoms. The van der Waals surface area contributed by atoms with Crippen LogP contribution in [-0.2, 0) is 38.1 Å². The lowest BCUT2D eigenvalue weighted by Crippen LogP contribution is -2.44. The van der Waals surface area contributed by atoms with Gasteiger partial charge in [0.1, 0.15) is 11.7 Å². The maximum Gasteiger partial charge on any atom is 0.338 e. The van der Waals surface area contributed by atoms with Crippen LogP contribution in [0.5, 0.6) is 0 Å². The van der Waals surface area contributed by atoms with Gasteiger partial charge in [-0.2, -0.15) is 0 Å². The van der Waals surface area contributed by atoms with Gasteiger partial charge in [-0.05, 0) is 68.2 Å². The third kappa shape index (κ3) is 5.92. The Bertz CT molecular complexity index is 1280. The van der Waals surface area contributed by atoms with E-state index in [0.717, 1.165) is 16.7 Å². The Morgan fingerprint density at radius 3 is 2.49 bits per heavy atom. The minimum Gasteiger partial charge on any atom is -0.472 e. The molecule has 0 saturated carbocycles. The van der Waals surface area contributed by atoms with E-state index in [0.29, 0.717) is 12.0 Å². The van der Waals surface area contributed by atoms with Crippen LogP contribution in [0.4, 0.5) is 0 Å². The summed E-state index contributed by atoms with van der Waals surface area (Å²) in [5.41, 5.74) is 2.60. The number of cyclic esters (lactones) is 1. The summed E-state index contributed by atoms with van der Waals surface area (Å²) in [6.45, 7) is 8.00. The fourth-order valence-electron chi connectivity index (χ4n) is 5.87. The highest BCUT2D eigenvalue weighted by Gasteiger charge is 2.47. The highest BCUT2D eigenvalue weighted by molar-refractivity contribution is 5.93. The molecule has 0 bridgehead atoms. The first-order chi connectivity index (χ1) is 18.4. The van der Waals surface area contributed by atoms with E-state index in [1.807, 2.05) is 19.1 Å². The number of hydrogen-bond acceptors (Lipinski definition) is 9. The van der Waals surface area contributed by atoms with Crippen LogP contribution in [0.1, 0.15) is 58.9 Å². The average molecular weight is 539 g/mol. The smallest absolute Gasteiger partial charge is 0.338 e. The van der Waals surface area contributed by atoms with Crippen molar-refractivity contribution in [2.45, 2.75) is 71.2 Å². The molecule has 4 rings (SSSR count). The fourth-order valence-corrected chi connectivity index (χ4v) is 5.87. The molecule has 39 heavy (non-hydrogen) atoms. The summed E-state index contributed by atoms with van der Waals surface area (Å²) in [6, 6.07) is 1.86. The molecule has 2 aliphatic carbocycles. The van der Waals surface area contributed by atoms with Gasteiger partial charge in [0.05, 0.1) is 31.6 Å². The molecule has 0 radical (unpaired) electrons. The Balaban J connectivity index is 1.80. The predicted octanol–water partition coefficient (Wildman–Crippen LogP) is 4.50. The third-order valence-electron chi connectivity index (χ3n) is 7.59. The number of ether oxygens (including phenoxy) is 4. The van der Waals surface area contributed by atoms with Crippen LogP contribution in [0.15, 0.2) is 69.6 Å². The van der Waals surface area contributed by atoms with Gasteiger partial charge in [0, 0.05) is 31.6 Å². The lowest BCUT2D eigenvalue weighted by atomic mass is 9.74. The Kier molecular flexibility index (Phi) is 7.99. The number of carbonyl (C=O) groups is 4. The van der Waals surface area contributed by atoms with Crippen molar-refractivity contribution < 1.29 is 42.5 Å². The number of methoxy groups -OCH3 is 1. The van der Waals surface area contributed by atoms with E-state index in [9.17, 15) is 19.2 Å². The summed E-state index contributed by atoms with van der Waals surface area (Å²) in [4.78, 5) is 49.5. The van der Waals surface area contributed by atoms with Gasteiger partial charge in [0.15, 0.2) is 6.10 Å². The normalized spacial score (nSPS) is 28.8. The average Bonchev–Trinajstić information content (AvgIpc) is 3.51. The lowest BCUT2D eigenvalue weighted by Gasteiger charge is -2.38. The molecule has 1 aromatic heterocycles. The van der Waals surface area contributed by atoms with Crippen molar-refractivity contribution in [3.63, 3.8) is 0 Å². The van der Waals surface area contributed by atoms with Gasteiger partial charge < -0.3 is 23.4 Å². The number of carbonyl (C=O) groups excluding carboxylic acids is 4. The molecule has 0 spiro atoms. The minimum atomic E-state index is -0.954. The molecular formula is C30H34O9. The monoisotopic (exact) mass is 538 g/mol. The summed E-state index contributed by atoms with van der Waals surface area (Å²) >= 11 is 0. The molecule has 9 nitrogen and oxygen atoms in total. The number of esters is 4. The standard InChI is InChI=1S/C30H34O9/c1-16-11-21(29(34)39-30(4,5)24(16)14-26(33)35-6)12-20-13-25(37-17(2)31)28(38-18(3)32)27-22(7-8-23(20)27)19-9-10-36-15-19/h8-13,15,22,24-25,27-28H,7,14H2,1-6H3/b21-12+/t22-,24+,25+,27?,28-/m0/s1. The van der Waals surface area contributed by atoms with E-state index in [1.165, 1.54) is 21.0 Å². The molecule has 208 valence electrons. The number of allylic oxidation sites excluding steroid dienone is 3. The number of furan rings is 1. The highest BCUT2D eigenvalue weighted by Crippen LogP contribution is 2.49. The van der Waals surface area contributed by atoms with Crippen LogP contribution >= 0.6 is 0 Å². The van der Waals surface area contributed by atoms with Crippen molar-refractivity contribution in [2.24, 2.45) is 11.8 Å². The maximum absolute atomic E-state index is 13.3. The zero-order chi connectivity index (χ0) is 28.5. The molecule has 0 amide bonds. The molecule has 3 aliphatic rings. The second-order valence-corrected chi connectivity index (χ2v) is 10.7. The largest absolute Gasteiger partial charge is 0.472 e. The zero-order valence-electron chi connectivity index (χ0n) is 23.0. The second-order valence-electron chi connectivity index (χ2n) is 10.7. The van der Waals surface area contributed by atoms with Crippen LogP contribution in [0.3, 0.4) is 0 Å². The van der Waals surface area contributed by atoms with Gasteiger partial charge in [-0.1, -0.05) is 11.6 Å². The number of rotatable bonds is 6. The van der Waals surface area contributed by atoms with E-state index in [2.05, 4.69) is 0 Å². The van der Waals surface area contributed by atoms with Gasteiger partial charge >= 0.3 is 23.9 Å². The van der Waals surface area contributed by atoms with Gasteiger partial charge in [0.25, 0.3) is 0 Å². The Hall–Kier alpha value is -3.88. The molecular weight excluding hydrogens is 504 g/mol. The Morgan fingerprint density at radius 2 is 1.87 bits per heavy atom. The van der Waals surface area contributed by atoms with Gasteiger partial charge in [-0.15, -0.1) is 0 Å². The third-order valence-corrected chi connectivity index (χ3v) is 7.59. The molecule has 5 atom stereocenters. The fraction of sp³-hybridized carbons (Fsp3) is 0.467. The van der Waals surface area contributed by atoms with Crippen molar-refractivity contribution in [1.82, 2.24) is 0 Å². The topological polar surface area (TPSA) is 118 Å². The van der Waals surface area contributed by atoms with Gasteiger partial charge in [-0.25, -0.2) is 4.79 Å². The molecule has 0 aromatic carbocycles. The van der Waals surface area contributed by atoms with Crippen LogP contribution in [0, 0.1) is 11.8 Å². The Labute approximate surface area is 227 Å². The van der Waals surface area contributed by atoms with Crippen LogP contribution < -0.4 is 0 Å². The molecule has 2 heterocycles. The van der Waals surface area contributed by atoms with E-state index in [4.69, 9.17) is 23.4 Å². The van der Waals surface area contributed by atoms with Gasteiger partial charge in [0.2, 0.25) is 0 Å². The molecule has 0 N–H and O–H groups in total. The summed E-state index contributed by atoms with van der Waals surface area (Å²) in [5, 5.41) is 0. The molecule has 0 fully saturated rings. The van der Waals surface area contributed by atoms with Crippen LogP contribution in [0.2, 0.25) is 0 Å². The van der Waals surface area contributed by atoms with Crippen molar-refractivity contribution in [3.05, 3.63) is 70.8 Å². The van der Waals surface area contributed by atoms with E-state index < -0.39 is 41.7 Å². The molecule has 1 unspecified atom stereocenters. The highest BCUT2D eigenvalue weighted by atomic mass is 16.6. The minimum absolute atomic E-state index is 0.0628. The second kappa shape index (κ2) is 11.1. The van der Waals surface area contributed by atoms with E-state index in [1.54, 1.807) is 44.6 Å². The first-order valence-corrected chi connectivity index (χ1v) is 12.9. The quantitative estimate of drug-likeness (QED) is 0.293. The van der Waals surface area contributed by atoms with Crippen molar-refractivity contribution in [2.75, 3.05) is 7.11 Å². The summed E-state index contributed by atoms with van der Waals surface area (Å²) < 4.78 is 27.4. The zero-order valence-corrected chi connectivity index (χ0v) is 23.0. The van der Waals surface area contributed by atoms with Crippen molar-refractivity contribution in [1.29, 1.82) is 0 Å². The first-order valence-electron chi connectivity index (χ1n) is 12.9. The van der Waals surface area contributed by atoms with E-state index in [-0.39, 0.29) is 29.7 Å². The SMILES string of the molecule is COC(=O)C[C@@H]1C(C)=C/C(=C\C2=C[C@@H](OC(C)=O)[C@H](OC(C)=O)C3C2=CC[C@H]3c2ccoc2)C(=O)OC1(C)C. The van der Waals surface area contributed by atoms with Crippen LogP contribution in [0.25, 0.3) is 0 Å². The van der Waals surface area contributed by atoms with E-state index >= 15 is 0 Å². The van der Waals surface area contributed by atoms with Crippen molar-refractivity contribution >= 4 is 23.9 Å². The summed E-state index contributed by atoms with van der Waals surface area (Å²) in [6.07, 6.45) is 9.50. The number of hydrogen-bond donors (Lipinski definition) is 0. The predicted molar refractivity (Wildman–Crippen MR) is 139 cm³/mol. The Morgan fingerprint density at radius 1 is 1.15 bits per heavy atom. The first kappa shape index (κ1) is 28.1. The summed E-state index contributed by atoms with van der Waals surface area (Å²) in [7, 11) is 1.32. The molecule has 1 aliphatic heterocycles. The van der Waals surface area contributed by atoms with Gasteiger partial charge in [-0.3, -0.25) is 14.4 Å².